The first-order valence-corrected chi connectivity index (χ1v) is 26.5. The van der Waals surface area contributed by atoms with E-state index < -0.39 is 0 Å². The number of nitrogens with zero attached hydrogens (tertiary/aromatic N) is 3. The van der Waals surface area contributed by atoms with Gasteiger partial charge >= 0.3 is 5.97 Å². The van der Waals surface area contributed by atoms with Crippen LogP contribution in [0.4, 0.5) is 0 Å². The van der Waals surface area contributed by atoms with Gasteiger partial charge in [-0.2, -0.15) is 0 Å². The van der Waals surface area contributed by atoms with E-state index in [0.717, 1.165) is 102 Å². The van der Waals surface area contributed by atoms with Gasteiger partial charge in [0.1, 0.15) is 0 Å². The normalized spacial score (nSPS) is 13.2. The zero-order valence-electron chi connectivity index (χ0n) is 42.9. The predicted molar refractivity (Wildman–Crippen MR) is 270 cm³/mol. The highest BCUT2D eigenvalue weighted by atomic mass is 16.5. The third-order valence-corrected chi connectivity index (χ3v) is 12.7. The van der Waals surface area contributed by atoms with Gasteiger partial charge in [-0.15, -0.1) is 0 Å². The Labute approximate surface area is 390 Å². The van der Waals surface area contributed by atoms with Gasteiger partial charge in [0, 0.05) is 58.3 Å². The van der Waals surface area contributed by atoms with Gasteiger partial charge in [0.2, 0.25) is 11.8 Å². The molecule has 0 aromatic rings. The number of rotatable bonds is 45. The first-order chi connectivity index (χ1) is 30.5. The number of hydrogen-bond acceptors (Lipinski definition) is 6. The Morgan fingerprint density at radius 1 is 0.540 bits per heavy atom. The summed E-state index contributed by atoms with van der Waals surface area (Å²) >= 11 is 0. The first kappa shape index (κ1) is 60.4. The molecule has 3 unspecified atom stereocenters. The second-order valence-corrected chi connectivity index (χ2v) is 18.7. The summed E-state index contributed by atoms with van der Waals surface area (Å²) in [7, 11) is 3.77. The van der Waals surface area contributed by atoms with E-state index in [1.807, 2.05) is 30.8 Å². The highest BCUT2D eigenvalue weighted by Gasteiger charge is 2.24. The molecule has 3 atom stereocenters. The van der Waals surface area contributed by atoms with Gasteiger partial charge in [0.05, 0.1) is 19.0 Å². The average molecular weight is 886 g/mol. The van der Waals surface area contributed by atoms with E-state index in [2.05, 4.69) is 70.4 Å². The number of esters is 1. The van der Waals surface area contributed by atoms with Gasteiger partial charge in [-0.25, -0.2) is 0 Å². The fourth-order valence-corrected chi connectivity index (χ4v) is 8.27. The molecule has 0 aliphatic rings. The lowest BCUT2D eigenvalue weighted by atomic mass is 9.96. The van der Waals surface area contributed by atoms with Gasteiger partial charge < -0.3 is 24.2 Å². The molecule has 0 saturated carbocycles. The second-order valence-electron chi connectivity index (χ2n) is 18.7. The van der Waals surface area contributed by atoms with E-state index in [1.54, 1.807) is 0 Å². The van der Waals surface area contributed by atoms with Crippen molar-refractivity contribution in [3.8, 4) is 0 Å². The molecule has 368 valence electrons. The molecule has 0 radical (unpaired) electrons. The number of hydrogen-bond donors (Lipinski definition) is 0. The van der Waals surface area contributed by atoms with Crippen LogP contribution in [-0.4, -0.2) is 92.5 Å². The summed E-state index contributed by atoms with van der Waals surface area (Å²) in [5.74, 6) is 1.38. The Hall–Kier alpha value is -2.61. The zero-order valence-corrected chi connectivity index (χ0v) is 42.9. The summed E-state index contributed by atoms with van der Waals surface area (Å²) < 4.78 is 12.0. The van der Waals surface area contributed by atoms with E-state index in [0.29, 0.717) is 45.1 Å². The maximum Gasteiger partial charge on any atom is 0.305 e. The van der Waals surface area contributed by atoms with Crippen molar-refractivity contribution in [2.24, 2.45) is 17.8 Å². The van der Waals surface area contributed by atoms with Gasteiger partial charge in [0.25, 0.3) is 0 Å². The number of allylic oxidation sites excluding steroid dienone is 5. The first-order valence-electron chi connectivity index (χ1n) is 26.5. The van der Waals surface area contributed by atoms with Crippen molar-refractivity contribution in [2.45, 2.75) is 221 Å². The van der Waals surface area contributed by atoms with E-state index in [-0.39, 0.29) is 29.6 Å². The molecule has 0 fully saturated rings. The van der Waals surface area contributed by atoms with Crippen LogP contribution in [0.2, 0.25) is 0 Å². The molecule has 0 spiro atoms. The number of carbonyl (C=O) groups excluding carboxylic acids is 3. The molecular weight excluding hydrogens is 783 g/mol. The summed E-state index contributed by atoms with van der Waals surface area (Å²) in [4.78, 5) is 45.4. The van der Waals surface area contributed by atoms with Crippen LogP contribution in [0.1, 0.15) is 221 Å². The second kappa shape index (κ2) is 43.3. The van der Waals surface area contributed by atoms with E-state index >= 15 is 0 Å². The summed E-state index contributed by atoms with van der Waals surface area (Å²) in [6.45, 7) is 22.5. The lowest BCUT2D eigenvalue weighted by Crippen LogP contribution is -2.42. The van der Waals surface area contributed by atoms with E-state index in [4.69, 9.17) is 9.47 Å². The molecule has 0 aliphatic carbocycles. The maximum atomic E-state index is 13.5. The van der Waals surface area contributed by atoms with Crippen molar-refractivity contribution in [3.05, 3.63) is 36.6 Å². The topological polar surface area (TPSA) is 79.4 Å². The summed E-state index contributed by atoms with van der Waals surface area (Å²) in [5.41, 5.74) is 0. The summed E-state index contributed by atoms with van der Waals surface area (Å²) in [5, 5.41) is 0. The van der Waals surface area contributed by atoms with Crippen molar-refractivity contribution >= 4 is 17.8 Å². The molecular formula is C55H103N3O5. The van der Waals surface area contributed by atoms with Crippen LogP contribution in [0.15, 0.2) is 36.6 Å². The van der Waals surface area contributed by atoms with Crippen molar-refractivity contribution < 1.29 is 23.9 Å². The summed E-state index contributed by atoms with van der Waals surface area (Å²) in [6.07, 6.45) is 39.2. The van der Waals surface area contributed by atoms with Crippen molar-refractivity contribution in [1.29, 1.82) is 0 Å². The highest BCUT2D eigenvalue weighted by molar-refractivity contribution is 5.78. The SMILES string of the molecule is C=C(CCCCCCC/C=C\C/C=C\CCCCC)OCC(CN(C)C(=O)CCCCCCC(=O)OCC(CCCC)CCCCCC)CN(C)C(=O)C(C)CCCN(CC)CC. The minimum absolute atomic E-state index is 0.0268. The maximum absolute atomic E-state index is 13.5. The van der Waals surface area contributed by atoms with Crippen LogP contribution < -0.4 is 0 Å². The van der Waals surface area contributed by atoms with Gasteiger partial charge in [-0.05, 0) is 103 Å². The molecule has 0 bridgehead atoms. The van der Waals surface area contributed by atoms with Gasteiger partial charge in [0.15, 0.2) is 0 Å². The van der Waals surface area contributed by atoms with Crippen LogP contribution in [0.25, 0.3) is 0 Å². The van der Waals surface area contributed by atoms with E-state index in [1.165, 1.54) is 89.9 Å². The minimum Gasteiger partial charge on any atom is -0.498 e. The number of unbranched alkanes of at least 4 members (excludes halogenated alkanes) is 15. The minimum atomic E-state index is -0.0831. The number of ether oxygens (including phenoxy) is 2. The van der Waals surface area contributed by atoms with Crippen LogP contribution >= 0.6 is 0 Å². The molecule has 0 aromatic carbocycles. The Bertz CT molecular complexity index is 1170. The fourth-order valence-electron chi connectivity index (χ4n) is 8.27. The third kappa shape index (κ3) is 36.3. The van der Waals surface area contributed by atoms with E-state index in [9.17, 15) is 14.4 Å². The Kier molecular flexibility index (Phi) is 41.5. The Morgan fingerprint density at radius 2 is 1.06 bits per heavy atom. The quantitative estimate of drug-likeness (QED) is 0.0262. The number of amides is 2. The van der Waals surface area contributed by atoms with Gasteiger partial charge in [-0.3, -0.25) is 14.4 Å². The molecule has 0 saturated heterocycles. The van der Waals surface area contributed by atoms with Crippen molar-refractivity contribution in [1.82, 2.24) is 14.7 Å². The molecule has 0 rings (SSSR count). The van der Waals surface area contributed by atoms with Crippen molar-refractivity contribution in [3.63, 3.8) is 0 Å². The number of carbonyl (C=O) groups is 3. The lowest BCUT2D eigenvalue weighted by molar-refractivity contribution is -0.145. The summed E-state index contributed by atoms with van der Waals surface area (Å²) in [6, 6.07) is 0. The largest absolute Gasteiger partial charge is 0.498 e. The Balaban J connectivity index is 4.86. The van der Waals surface area contributed by atoms with Gasteiger partial charge in [-0.1, -0.05) is 156 Å². The monoisotopic (exact) mass is 886 g/mol. The van der Waals surface area contributed by atoms with Crippen LogP contribution in [0.5, 0.6) is 0 Å². The average Bonchev–Trinajstić information content (AvgIpc) is 3.28. The van der Waals surface area contributed by atoms with Crippen molar-refractivity contribution in [2.75, 3.05) is 60.0 Å². The molecule has 2 amide bonds. The van der Waals surface area contributed by atoms with Crippen LogP contribution in [0, 0.1) is 17.8 Å². The molecule has 0 aromatic heterocycles. The fraction of sp³-hybridized carbons (Fsp3) is 0.836. The smallest absolute Gasteiger partial charge is 0.305 e. The predicted octanol–water partition coefficient (Wildman–Crippen LogP) is 14.3. The molecule has 63 heavy (non-hydrogen) atoms. The molecule has 0 heterocycles. The molecule has 0 aliphatic heterocycles. The van der Waals surface area contributed by atoms with Crippen LogP contribution in [-0.2, 0) is 23.9 Å². The highest BCUT2D eigenvalue weighted by Crippen LogP contribution is 2.20. The standard InChI is InChI=1S/C55H103N3O5/c1-10-15-18-20-21-22-23-24-25-26-27-28-29-30-33-39-50(7)62-48-52(46-57(9)55(61)49(6)38-37-44-58(13-4)14-5)45-56(8)53(59)42-35-31-32-36-43-54(60)63-47-51(40-17-12-3)41-34-19-16-11-2/h21-22,24-25,49,51-52H,7,10-20,23,26-48H2,1-6,8-9H3/b22-21-,25-24-. The molecule has 8 nitrogen and oxygen atoms in total. The molecule has 0 N–H and O–H groups in total. The lowest BCUT2D eigenvalue weighted by Gasteiger charge is -2.30. The third-order valence-electron chi connectivity index (χ3n) is 12.7. The zero-order chi connectivity index (χ0) is 46.8. The van der Waals surface area contributed by atoms with Crippen LogP contribution in [0.3, 0.4) is 0 Å². The Morgan fingerprint density at radius 3 is 1.71 bits per heavy atom. The molecule has 8 heteroatoms.